The molecule has 106 valence electrons. The molecule has 4 heteroatoms. The fourth-order valence-electron chi connectivity index (χ4n) is 2.32. The van der Waals surface area contributed by atoms with Crippen LogP contribution in [-0.2, 0) is 6.42 Å². The number of hydrogen-bond donors (Lipinski definition) is 1. The van der Waals surface area contributed by atoms with Gasteiger partial charge in [-0.15, -0.1) is 11.6 Å². The summed E-state index contributed by atoms with van der Waals surface area (Å²) < 4.78 is 18.8. The number of benzene rings is 1. The van der Waals surface area contributed by atoms with E-state index >= 15 is 0 Å². The van der Waals surface area contributed by atoms with E-state index in [1.54, 1.807) is 12.1 Å². The number of halogens is 2. The first-order valence-electron chi connectivity index (χ1n) is 6.91. The van der Waals surface area contributed by atoms with Crippen LogP contribution in [0.5, 0.6) is 5.75 Å². The molecule has 2 nitrogen and oxygen atoms in total. The highest BCUT2D eigenvalue weighted by Crippen LogP contribution is 2.28. The molecule has 0 aromatic heterocycles. The molecule has 1 aliphatic heterocycles. The van der Waals surface area contributed by atoms with Crippen LogP contribution in [0.15, 0.2) is 18.2 Å². The van der Waals surface area contributed by atoms with Crippen LogP contribution >= 0.6 is 11.6 Å². The lowest BCUT2D eigenvalue weighted by Gasteiger charge is -2.12. The molecule has 0 spiro atoms. The predicted octanol–water partition coefficient (Wildman–Crippen LogP) is 3.37. The average Bonchev–Trinajstić information content (AvgIpc) is 2.79. The van der Waals surface area contributed by atoms with Gasteiger partial charge < -0.3 is 10.1 Å². The normalized spacial score (nSPS) is 19.0. The first-order valence-corrected chi connectivity index (χ1v) is 7.44. The van der Waals surface area contributed by atoms with Gasteiger partial charge in [-0.25, -0.2) is 4.39 Å². The Labute approximate surface area is 119 Å². The molecule has 1 heterocycles. The third-order valence-corrected chi connectivity index (χ3v) is 3.98. The minimum Gasteiger partial charge on any atom is -0.488 e. The van der Waals surface area contributed by atoms with Crippen LogP contribution in [-0.4, -0.2) is 25.1 Å². The molecule has 0 radical (unpaired) electrons. The Balaban J connectivity index is 1.64. The molecule has 0 saturated carbocycles. The van der Waals surface area contributed by atoms with E-state index < -0.39 is 0 Å². The number of alkyl halides is 1. The van der Waals surface area contributed by atoms with Crippen molar-refractivity contribution in [3.05, 3.63) is 29.6 Å². The standard InChI is InChI=1S/C15H21ClFNO/c1-11(9-16)3-2-6-18-10-14-8-12-7-13(17)4-5-15(12)19-14/h4-5,7,11,14,18H,2-3,6,8-10H2,1H3. The van der Waals surface area contributed by atoms with E-state index in [1.807, 2.05) is 0 Å². The Morgan fingerprint density at radius 1 is 1.53 bits per heavy atom. The van der Waals surface area contributed by atoms with Crippen LogP contribution in [0.4, 0.5) is 4.39 Å². The highest BCUT2D eigenvalue weighted by atomic mass is 35.5. The van der Waals surface area contributed by atoms with Gasteiger partial charge in [0.25, 0.3) is 0 Å². The number of nitrogens with one attached hydrogen (secondary N) is 1. The highest BCUT2D eigenvalue weighted by molar-refractivity contribution is 6.18. The van der Waals surface area contributed by atoms with E-state index in [-0.39, 0.29) is 11.9 Å². The van der Waals surface area contributed by atoms with Gasteiger partial charge in [-0.3, -0.25) is 0 Å². The first kappa shape index (κ1) is 14.6. The first-order chi connectivity index (χ1) is 9.19. The Bertz CT molecular complexity index is 413. The molecule has 1 aromatic carbocycles. The third kappa shape index (κ3) is 4.36. The summed E-state index contributed by atoms with van der Waals surface area (Å²) in [5.41, 5.74) is 0.975. The molecule has 0 fully saturated rings. The van der Waals surface area contributed by atoms with E-state index in [4.69, 9.17) is 16.3 Å². The number of rotatable bonds is 7. The van der Waals surface area contributed by atoms with Gasteiger partial charge in [-0.2, -0.15) is 0 Å². The van der Waals surface area contributed by atoms with Crippen molar-refractivity contribution in [3.8, 4) is 5.75 Å². The minimum absolute atomic E-state index is 0.127. The highest BCUT2D eigenvalue weighted by Gasteiger charge is 2.22. The van der Waals surface area contributed by atoms with E-state index in [9.17, 15) is 4.39 Å². The lowest BCUT2D eigenvalue weighted by molar-refractivity contribution is 0.227. The molecule has 2 unspecified atom stereocenters. The van der Waals surface area contributed by atoms with Crippen LogP contribution in [0.3, 0.4) is 0 Å². The largest absolute Gasteiger partial charge is 0.488 e. The molecule has 0 saturated heterocycles. The molecule has 19 heavy (non-hydrogen) atoms. The molecule has 1 aliphatic rings. The van der Waals surface area contributed by atoms with Crippen LogP contribution < -0.4 is 10.1 Å². The molecule has 1 N–H and O–H groups in total. The van der Waals surface area contributed by atoms with Crippen molar-refractivity contribution in [1.29, 1.82) is 0 Å². The Kier molecular flexibility index (Phi) is 5.46. The van der Waals surface area contributed by atoms with Crippen LogP contribution in [0.1, 0.15) is 25.3 Å². The van der Waals surface area contributed by atoms with Gasteiger partial charge >= 0.3 is 0 Å². The summed E-state index contributed by atoms with van der Waals surface area (Å²) >= 11 is 5.76. The second-order valence-electron chi connectivity index (χ2n) is 5.30. The van der Waals surface area contributed by atoms with Gasteiger partial charge in [0.1, 0.15) is 17.7 Å². The van der Waals surface area contributed by atoms with E-state index in [0.717, 1.165) is 49.5 Å². The average molecular weight is 286 g/mol. The molecule has 0 amide bonds. The zero-order valence-corrected chi connectivity index (χ0v) is 12.0. The van der Waals surface area contributed by atoms with Crippen molar-refractivity contribution in [2.45, 2.75) is 32.3 Å². The fourth-order valence-corrected chi connectivity index (χ4v) is 2.47. The van der Waals surface area contributed by atoms with Crippen molar-refractivity contribution >= 4 is 11.6 Å². The molecule has 0 bridgehead atoms. The van der Waals surface area contributed by atoms with E-state index in [2.05, 4.69) is 12.2 Å². The summed E-state index contributed by atoms with van der Waals surface area (Å²) in [4.78, 5) is 0. The lowest BCUT2D eigenvalue weighted by Crippen LogP contribution is -2.30. The van der Waals surface area contributed by atoms with Crippen LogP contribution in [0, 0.1) is 11.7 Å². The monoisotopic (exact) mass is 285 g/mol. The van der Waals surface area contributed by atoms with Crippen molar-refractivity contribution < 1.29 is 9.13 Å². The zero-order valence-electron chi connectivity index (χ0n) is 11.3. The summed E-state index contributed by atoms with van der Waals surface area (Å²) in [6.07, 6.45) is 3.19. The maximum atomic E-state index is 13.1. The lowest BCUT2D eigenvalue weighted by atomic mass is 10.1. The SMILES string of the molecule is CC(CCl)CCCNCC1Cc2cc(F)ccc2O1. The van der Waals surface area contributed by atoms with Crippen molar-refractivity contribution in [2.75, 3.05) is 19.0 Å². The van der Waals surface area contributed by atoms with Gasteiger partial charge in [0.15, 0.2) is 0 Å². The molecular weight excluding hydrogens is 265 g/mol. The summed E-state index contributed by atoms with van der Waals surface area (Å²) in [5.74, 6) is 1.94. The number of fused-ring (bicyclic) bond motifs is 1. The molecular formula is C15H21ClFNO. The second-order valence-corrected chi connectivity index (χ2v) is 5.61. The quantitative estimate of drug-likeness (QED) is 0.613. The van der Waals surface area contributed by atoms with E-state index in [0.29, 0.717) is 5.92 Å². The Morgan fingerprint density at radius 2 is 2.37 bits per heavy atom. The summed E-state index contributed by atoms with van der Waals surface area (Å²) in [6, 6.07) is 4.73. The Hall–Kier alpha value is -0.800. The van der Waals surface area contributed by atoms with Gasteiger partial charge in [-0.1, -0.05) is 6.92 Å². The number of ether oxygens (including phenoxy) is 1. The van der Waals surface area contributed by atoms with Crippen molar-refractivity contribution in [3.63, 3.8) is 0 Å². The molecule has 2 atom stereocenters. The Morgan fingerprint density at radius 3 is 3.16 bits per heavy atom. The fraction of sp³-hybridized carbons (Fsp3) is 0.600. The van der Waals surface area contributed by atoms with Crippen molar-refractivity contribution in [2.24, 2.45) is 5.92 Å². The molecule has 1 aromatic rings. The van der Waals surface area contributed by atoms with Crippen molar-refractivity contribution in [1.82, 2.24) is 5.32 Å². The van der Waals surface area contributed by atoms with Crippen LogP contribution in [0.2, 0.25) is 0 Å². The minimum atomic E-state index is -0.189. The maximum Gasteiger partial charge on any atom is 0.123 e. The number of hydrogen-bond acceptors (Lipinski definition) is 2. The van der Waals surface area contributed by atoms with Gasteiger partial charge in [0.05, 0.1) is 0 Å². The van der Waals surface area contributed by atoms with Gasteiger partial charge in [-0.05, 0) is 43.5 Å². The smallest absolute Gasteiger partial charge is 0.123 e. The van der Waals surface area contributed by atoms with Gasteiger partial charge in [0, 0.05) is 24.4 Å². The maximum absolute atomic E-state index is 13.1. The summed E-state index contributed by atoms with van der Waals surface area (Å²) in [6.45, 7) is 3.95. The topological polar surface area (TPSA) is 21.3 Å². The second kappa shape index (κ2) is 7.11. The van der Waals surface area contributed by atoms with Crippen LogP contribution in [0.25, 0.3) is 0 Å². The third-order valence-electron chi connectivity index (χ3n) is 3.45. The zero-order chi connectivity index (χ0) is 13.7. The predicted molar refractivity (Wildman–Crippen MR) is 76.5 cm³/mol. The van der Waals surface area contributed by atoms with E-state index in [1.165, 1.54) is 6.07 Å². The molecule has 0 aliphatic carbocycles. The molecule has 2 rings (SSSR count). The van der Waals surface area contributed by atoms with Gasteiger partial charge in [0.2, 0.25) is 0 Å². The summed E-state index contributed by atoms with van der Waals surface area (Å²) in [5, 5.41) is 3.39. The summed E-state index contributed by atoms with van der Waals surface area (Å²) in [7, 11) is 0.